The molecule has 0 aromatic carbocycles. The maximum Gasteiger partial charge on any atom is 0.223 e. The number of amides is 1. The van der Waals surface area contributed by atoms with E-state index in [9.17, 15) is 4.79 Å². The van der Waals surface area contributed by atoms with Gasteiger partial charge in [-0.05, 0) is 31.6 Å². The van der Waals surface area contributed by atoms with E-state index in [0.717, 1.165) is 12.8 Å². The second-order valence-electron chi connectivity index (χ2n) is 5.71. The van der Waals surface area contributed by atoms with Gasteiger partial charge in [-0.1, -0.05) is 52.4 Å². The van der Waals surface area contributed by atoms with Gasteiger partial charge in [-0.15, -0.1) is 0 Å². The monoisotopic (exact) mass is 239 g/mol. The minimum Gasteiger partial charge on any atom is -0.369 e. The van der Waals surface area contributed by atoms with Crippen LogP contribution in [-0.2, 0) is 4.79 Å². The van der Waals surface area contributed by atoms with Crippen LogP contribution in [0.25, 0.3) is 0 Å². The molecule has 1 fully saturated rings. The highest BCUT2D eigenvalue weighted by atomic mass is 16.1. The summed E-state index contributed by atoms with van der Waals surface area (Å²) >= 11 is 0. The van der Waals surface area contributed by atoms with Gasteiger partial charge < -0.3 is 5.73 Å². The zero-order chi connectivity index (χ0) is 12.7. The lowest BCUT2D eigenvalue weighted by molar-refractivity contribution is -0.125. The third kappa shape index (κ3) is 4.01. The SMILES string of the molecule is CCCCCC(CCCCC)C1(C(N)=O)CC1. The molecule has 0 spiro atoms. The lowest BCUT2D eigenvalue weighted by atomic mass is 9.80. The second kappa shape index (κ2) is 7.03. The van der Waals surface area contributed by atoms with E-state index in [4.69, 9.17) is 5.73 Å². The Labute approximate surface area is 106 Å². The highest BCUT2D eigenvalue weighted by Gasteiger charge is 2.53. The topological polar surface area (TPSA) is 43.1 Å². The standard InChI is InChI=1S/C15H29NO/c1-3-5-7-9-13(10-8-6-4-2)15(11-12-15)14(16)17/h13H,3-12H2,1-2H3,(H2,16,17). The molecule has 0 unspecified atom stereocenters. The molecule has 2 nitrogen and oxygen atoms in total. The predicted octanol–water partition coefficient (Wildman–Crippen LogP) is 4.03. The fourth-order valence-electron chi connectivity index (χ4n) is 2.97. The van der Waals surface area contributed by atoms with Gasteiger partial charge in [-0.3, -0.25) is 4.79 Å². The molecule has 1 saturated carbocycles. The molecular weight excluding hydrogens is 210 g/mol. The summed E-state index contributed by atoms with van der Waals surface area (Å²) in [5, 5.41) is 0. The number of carbonyl (C=O) groups excluding carboxylic acids is 1. The summed E-state index contributed by atoms with van der Waals surface area (Å²) in [7, 11) is 0. The summed E-state index contributed by atoms with van der Waals surface area (Å²) in [5.41, 5.74) is 5.51. The van der Waals surface area contributed by atoms with Crippen LogP contribution in [0.2, 0.25) is 0 Å². The van der Waals surface area contributed by atoms with Crippen LogP contribution in [0.1, 0.15) is 78.1 Å². The van der Waals surface area contributed by atoms with Crippen molar-refractivity contribution >= 4 is 5.91 Å². The van der Waals surface area contributed by atoms with E-state index in [1.165, 1.54) is 51.4 Å². The molecule has 17 heavy (non-hydrogen) atoms. The van der Waals surface area contributed by atoms with E-state index in [1.54, 1.807) is 0 Å². The normalized spacial score (nSPS) is 17.4. The molecular formula is C15H29NO. The molecule has 2 N–H and O–H groups in total. The maximum atomic E-state index is 11.6. The Morgan fingerprint density at radius 1 is 1.06 bits per heavy atom. The van der Waals surface area contributed by atoms with E-state index in [2.05, 4.69) is 13.8 Å². The van der Waals surface area contributed by atoms with Gasteiger partial charge in [-0.25, -0.2) is 0 Å². The Morgan fingerprint density at radius 3 is 1.82 bits per heavy atom. The second-order valence-corrected chi connectivity index (χ2v) is 5.71. The van der Waals surface area contributed by atoms with E-state index >= 15 is 0 Å². The summed E-state index contributed by atoms with van der Waals surface area (Å²) in [6.07, 6.45) is 12.1. The average molecular weight is 239 g/mol. The summed E-state index contributed by atoms with van der Waals surface area (Å²) in [6.45, 7) is 4.46. The van der Waals surface area contributed by atoms with Crippen LogP contribution in [0, 0.1) is 11.3 Å². The van der Waals surface area contributed by atoms with Crippen molar-refractivity contribution in [1.29, 1.82) is 0 Å². The fraction of sp³-hybridized carbons (Fsp3) is 0.933. The van der Waals surface area contributed by atoms with E-state index in [0.29, 0.717) is 5.92 Å². The smallest absolute Gasteiger partial charge is 0.223 e. The van der Waals surface area contributed by atoms with Crippen molar-refractivity contribution in [3.8, 4) is 0 Å². The Morgan fingerprint density at radius 2 is 1.53 bits per heavy atom. The number of rotatable bonds is 10. The molecule has 1 aliphatic rings. The van der Waals surface area contributed by atoms with Gasteiger partial charge in [0.1, 0.15) is 0 Å². The van der Waals surface area contributed by atoms with Gasteiger partial charge in [0, 0.05) is 0 Å². The first-order valence-electron chi connectivity index (χ1n) is 7.47. The zero-order valence-corrected chi connectivity index (χ0v) is 11.6. The molecule has 1 amide bonds. The van der Waals surface area contributed by atoms with Crippen molar-refractivity contribution in [3.63, 3.8) is 0 Å². The Kier molecular flexibility index (Phi) is 6.01. The zero-order valence-electron chi connectivity index (χ0n) is 11.6. The molecule has 0 aliphatic heterocycles. The largest absolute Gasteiger partial charge is 0.369 e. The molecule has 0 atom stereocenters. The number of nitrogens with two attached hydrogens (primary N) is 1. The summed E-state index contributed by atoms with van der Waals surface area (Å²) in [4.78, 5) is 11.6. The van der Waals surface area contributed by atoms with Gasteiger partial charge in [0.25, 0.3) is 0 Å². The quantitative estimate of drug-likeness (QED) is 0.575. The Balaban J connectivity index is 2.44. The Hall–Kier alpha value is -0.530. The molecule has 2 heteroatoms. The van der Waals surface area contributed by atoms with Crippen LogP contribution in [0.4, 0.5) is 0 Å². The van der Waals surface area contributed by atoms with Crippen molar-refractivity contribution in [1.82, 2.24) is 0 Å². The molecule has 100 valence electrons. The van der Waals surface area contributed by atoms with E-state index in [1.807, 2.05) is 0 Å². The van der Waals surface area contributed by atoms with Crippen LogP contribution >= 0.6 is 0 Å². The maximum absolute atomic E-state index is 11.6. The van der Waals surface area contributed by atoms with Crippen LogP contribution in [0.3, 0.4) is 0 Å². The van der Waals surface area contributed by atoms with Crippen molar-refractivity contribution in [3.05, 3.63) is 0 Å². The van der Waals surface area contributed by atoms with E-state index in [-0.39, 0.29) is 11.3 Å². The molecule has 0 bridgehead atoms. The van der Waals surface area contributed by atoms with Crippen molar-refractivity contribution in [2.75, 3.05) is 0 Å². The lowest BCUT2D eigenvalue weighted by Crippen LogP contribution is -2.32. The van der Waals surface area contributed by atoms with Gasteiger partial charge in [0.05, 0.1) is 5.41 Å². The highest BCUT2D eigenvalue weighted by molar-refractivity contribution is 5.83. The predicted molar refractivity (Wildman–Crippen MR) is 72.6 cm³/mol. The van der Waals surface area contributed by atoms with Gasteiger partial charge in [-0.2, -0.15) is 0 Å². The van der Waals surface area contributed by atoms with Gasteiger partial charge >= 0.3 is 0 Å². The van der Waals surface area contributed by atoms with Crippen LogP contribution in [0.15, 0.2) is 0 Å². The van der Waals surface area contributed by atoms with Gasteiger partial charge in [0.15, 0.2) is 0 Å². The van der Waals surface area contributed by atoms with Gasteiger partial charge in [0.2, 0.25) is 5.91 Å². The molecule has 1 rings (SSSR count). The highest BCUT2D eigenvalue weighted by Crippen LogP contribution is 2.55. The number of primary amides is 1. The first-order chi connectivity index (χ1) is 8.17. The number of carbonyl (C=O) groups is 1. The molecule has 0 radical (unpaired) electrons. The van der Waals surface area contributed by atoms with Crippen molar-refractivity contribution in [2.45, 2.75) is 78.1 Å². The molecule has 0 saturated heterocycles. The molecule has 0 aromatic heterocycles. The van der Waals surface area contributed by atoms with Crippen LogP contribution < -0.4 is 5.73 Å². The third-order valence-corrected chi connectivity index (χ3v) is 4.37. The van der Waals surface area contributed by atoms with Crippen molar-refractivity contribution in [2.24, 2.45) is 17.1 Å². The fourth-order valence-corrected chi connectivity index (χ4v) is 2.97. The summed E-state index contributed by atoms with van der Waals surface area (Å²) in [6, 6.07) is 0. The van der Waals surface area contributed by atoms with Crippen LogP contribution in [-0.4, -0.2) is 5.91 Å². The first kappa shape index (κ1) is 14.5. The minimum absolute atomic E-state index is 0.0319. The molecule has 1 aliphatic carbocycles. The molecule has 0 aromatic rings. The molecule has 0 heterocycles. The minimum atomic E-state index is -0.0958. The average Bonchev–Trinajstić information content (AvgIpc) is 3.08. The van der Waals surface area contributed by atoms with Crippen molar-refractivity contribution < 1.29 is 4.79 Å². The lowest BCUT2D eigenvalue weighted by Gasteiger charge is -2.24. The van der Waals surface area contributed by atoms with Crippen LogP contribution in [0.5, 0.6) is 0 Å². The first-order valence-corrected chi connectivity index (χ1v) is 7.47. The Bertz CT molecular complexity index is 223. The summed E-state index contributed by atoms with van der Waals surface area (Å²) in [5.74, 6) is 0.536. The third-order valence-electron chi connectivity index (χ3n) is 4.37. The number of hydrogen-bond acceptors (Lipinski definition) is 1. The van der Waals surface area contributed by atoms with E-state index < -0.39 is 0 Å². The summed E-state index contributed by atoms with van der Waals surface area (Å²) < 4.78 is 0. The number of unbranched alkanes of at least 4 members (excludes halogenated alkanes) is 4. The number of hydrogen-bond donors (Lipinski definition) is 1.